The Morgan fingerprint density at radius 2 is 1.62 bits per heavy atom. The molecule has 0 saturated carbocycles. The molecule has 0 atom stereocenters. The molecule has 0 nitrogen and oxygen atoms in total. The molecule has 0 heterocycles. The number of rotatable bonds is 1. The highest BCUT2D eigenvalue weighted by atomic mass is 35.5. The van der Waals surface area contributed by atoms with Gasteiger partial charge in [0.15, 0.2) is 0 Å². The molecule has 0 bridgehead atoms. The third kappa shape index (κ3) is 1.87. The second-order valence-corrected chi connectivity index (χ2v) is 3.72. The molecule has 0 saturated heterocycles. The standard InChI is InChI=1S/C12H8ClF3/c13-7-9-5-1-3-8-4-2-6-10(11(8)9)12(14,15)16/h1-6H,7H2. The van der Waals surface area contributed by atoms with Crippen molar-refractivity contribution in [1.82, 2.24) is 0 Å². The van der Waals surface area contributed by atoms with Crippen LogP contribution in [0.25, 0.3) is 10.8 Å². The van der Waals surface area contributed by atoms with Crippen molar-refractivity contribution in [3.05, 3.63) is 47.5 Å². The van der Waals surface area contributed by atoms with Crippen LogP contribution < -0.4 is 0 Å². The third-order valence-electron chi connectivity index (χ3n) is 2.44. The van der Waals surface area contributed by atoms with Crippen LogP contribution in [-0.2, 0) is 12.1 Å². The van der Waals surface area contributed by atoms with E-state index in [4.69, 9.17) is 11.6 Å². The maximum Gasteiger partial charge on any atom is 0.417 e. The molecule has 0 unspecified atom stereocenters. The normalized spacial score (nSPS) is 12.0. The zero-order valence-electron chi connectivity index (χ0n) is 8.18. The molecule has 16 heavy (non-hydrogen) atoms. The smallest absolute Gasteiger partial charge is 0.166 e. The van der Waals surface area contributed by atoms with Crippen molar-refractivity contribution in [1.29, 1.82) is 0 Å². The Hall–Kier alpha value is -1.22. The molecule has 2 aromatic carbocycles. The van der Waals surface area contributed by atoms with Crippen LogP contribution in [0, 0.1) is 0 Å². The van der Waals surface area contributed by atoms with Crippen LogP contribution in [0.5, 0.6) is 0 Å². The quantitative estimate of drug-likeness (QED) is 0.643. The van der Waals surface area contributed by atoms with Crippen LogP contribution in [0.1, 0.15) is 11.1 Å². The SMILES string of the molecule is FC(F)(F)c1cccc2cccc(CCl)c12. The van der Waals surface area contributed by atoms with Crippen LogP contribution >= 0.6 is 11.6 Å². The van der Waals surface area contributed by atoms with Crippen LogP contribution in [-0.4, -0.2) is 0 Å². The van der Waals surface area contributed by atoms with Gasteiger partial charge in [-0.3, -0.25) is 0 Å². The van der Waals surface area contributed by atoms with E-state index in [9.17, 15) is 13.2 Å². The van der Waals surface area contributed by atoms with Crippen LogP contribution in [0.3, 0.4) is 0 Å². The van der Waals surface area contributed by atoms with Gasteiger partial charge in [-0.25, -0.2) is 0 Å². The van der Waals surface area contributed by atoms with Crippen molar-refractivity contribution in [2.45, 2.75) is 12.1 Å². The number of halogens is 4. The molecule has 0 aliphatic heterocycles. The maximum absolute atomic E-state index is 12.8. The molecule has 0 aliphatic carbocycles. The summed E-state index contributed by atoms with van der Waals surface area (Å²) in [4.78, 5) is 0. The van der Waals surface area contributed by atoms with Crippen LogP contribution in [0.4, 0.5) is 13.2 Å². The third-order valence-corrected chi connectivity index (χ3v) is 2.73. The first-order chi connectivity index (χ1) is 7.54. The lowest BCUT2D eigenvalue weighted by molar-refractivity contribution is -0.136. The first kappa shape index (κ1) is 11.3. The molecule has 2 aromatic rings. The van der Waals surface area contributed by atoms with Crippen molar-refractivity contribution in [3.8, 4) is 0 Å². The van der Waals surface area contributed by atoms with Gasteiger partial charge in [0.05, 0.1) is 5.56 Å². The minimum atomic E-state index is -4.35. The van der Waals surface area contributed by atoms with E-state index in [0.717, 1.165) is 6.07 Å². The van der Waals surface area contributed by atoms with Gasteiger partial charge in [-0.05, 0) is 22.4 Å². The summed E-state index contributed by atoms with van der Waals surface area (Å²) in [6.07, 6.45) is -4.35. The summed E-state index contributed by atoms with van der Waals surface area (Å²) in [5.74, 6) is 0.0738. The van der Waals surface area contributed by atoms with E-state index in [0.29, 0.717) is 10.9 Å². The van der Waals surface area contributed by atoms with Crippen LogP contribution in [0.15, 0.2) is 36.4 Å². The van der Waals surface area contributed by atoms with E-state index in [1.807, 2.05) is 0 Å². The van der Waals surface area contributed by atoms with E-state index < -0.39 is 11.7 Å². The summed E-state index contributed by atoms with van der Waals surface area (Å²) in [5, 5.41) is 0.764. The van der Waals surface area contributed by atoms with Gasteiger partial charge in [-0.15, -0.1) is 11.6 Å². The average molecular weight is 245 g/mol. The molecule has 2 rings (SSSR count). The van der Waals surface area contributed by atoms with Gasteiger partial charge in [-0.2, -0.15) is 13.2 Å². The summed E-state index contributed by atoms with van der Waals surface area (Å²) in [6.45, 7) is 0. The minimum Gasteiger partial charge on any atom is -0.166 e. The average Bonchev–Trinajstić information content (AvgIpc) is 2.26. The monoisotopic (exact) mass is 244 g/mol. The fraction of sp³-hybridized carbons (Fsp3) is 0.167. The van der Waals surface area contributed by atoms with Gasteiger partial charge in [0.2, 0.25) is 0 Å². The van der Waals surface area contributed by atoms with E-state index >= 15 is 0 Å². The number of fused-ring (bicyclic) bond motifs is 1. The summed E-state index contributed by atoms with van der Waals surface area (Å²) in [7, 11) is 0. The Bertz CT molecular complexity index is 512. The highest BCUT2D eigenvalue weighted by Crippen LogP contribution is 2.36. The first-order valence-electron chi connectivity index (χ1n) is 4.68. The lowest BCUT2D eigenvalue weighted by atomic mass is 10.00. The highest BCUT2D eigenvalue weighted by molar-refractivity contribution is 6.18. The molecule has 0 aromatic heterocycles. The molecule has 0 fully saturated rings. The van der Waals surface area contributed by atoms with Crippen molar-refractivity contribution in [2.24, 2.45) is 0 Å². The van der Waals surface area contributed by atoms with E-state index in [1.54, 1.807) is 24.3 Å². The molecule has 0 N–H and O–H groups in total. The topological polar surface area (TPSA) is 0 Å². The van der Waals surface area contributed by atoms with Gasteiger partial charge >= 0.3 is 6.18 Å². The highest BCUT2D eigenvalue weighted by Gasteiger charge is 2.32. The molecule has 0 amide bonds. The van der Waals surface area contributed by atoms with Gasteiger partial charge in [0.1, 0.15) is 0 Å². The summed E-state index contributed by atoms with van der Waals surface area (Å²) < 4.78 is 38.4. The minimum absolute atomic E-state index is 0.0738. The fourth-order valence-electron chi connectivity index (χ4n) is 1.77. The Morgan fingerprint density at radius 1 is 1.00 bits per heavy atom. The lowest BCUT2D eigenvalue weighted by Gasteiger charge is -2.12. The number of hydrogen-bond donors (Lipinski definition) is 0. The second-order valence-electron chi connectivity index (χ2n) is 3.45. The van der Waals surface area contributed by atoms with Gasteiger partial charge < -0.3 is 0 Å². The first-order valence-corrected chi connectivity index (χ1v) is 5.21. The van der Waals surface area contributed by atoms with Crippen molar-refractivity contribution >= 4 is 22.4 Å². The molecule has 0 aliphatic rings. The Labute approximate surface area is 95.6 Å². The molecule has 0 spiro atoms. The van der Waals surface area contributed by atoms with Crippen molar-refractivity contribution < 1.29 is 13.2 Å². The van der Waals surface area contributed by atoms with E-state index in [2.05, 4.69) is 0 Å². The fourth-order valence-corrected chi connectivity index (χ4v) is 1.99. The van der Waals surface area contributed by atoms with E-state index in [1.165, 1.54) is 6.07 Å². The van der Waals surface area contributed by atoms with Gasteiger partial charge in [-0.1, -0.05) is 30.3 Å². The summed E-state index contributed by atoms with van der Waals surface area (Å²) in [6, 6.07) is 9.12. The van der Waals surface area contributed by atoms with Crippen LogP contribution in [0.2, 0.25) is 0 Å². The van der Waals surface area contributed by atoms with Gasteiger partial charge in [0.25, 0.3) is 0 Å². The maximum atomic E-state index is 12.8. The van der Waals surface area contributed by atoms with E-state index in [-0.39, 0.29) is 11.3 Å². The Balaban J connectivity index is 2.84. The Kier molecular flexibility index (Phi) is 2.80. The number of alkyl halides is 4. The van der Waals surface area contributed by atoms with Crippen molar-refractivity contribution in [3.63, 3.8) is 0 Å². The molecule has 84 valence electrons. The number of hydrogen-bond acceptors (Lipinski definition) is 0. The lowest BCUT2D eigenvalue weighted by Crippen LogP contribution is -2.06. The zero-order valence-corrected chi connectivity index (χ0v) is 8.94. The largest absolute Gasteiger partial charge is 0.417 e. The van der Waals surface area contributed by atoms with Gasteiger partial charge in [0, 0.05) is 5.88 Å². The van der Waals surface area contributed by atoms with Crippen molar-refractivity contribution in [2.75, 3.05) is 0 Å². The number of benzene rings is 2. The zero-order chi connectivity index (χ0) is 11.8. The Morgan fingerprint density at radius 3 is 2.19 bits per heavy atom. The summed E-state index contributed by atoms with van der Waals surface area (Å²) in [5.41, 5.74) is -0.117. The predicted octanol–water partition coefficient (Wildman–Crippen LogP) is 4.60. The molecule has 0 radical (unpaired) electrons. The molecule has 4 heteroatoms. The summed E-state index contributed by atoms with van der Waals surface area (Å²) >= 11 is 5.66. The molecular formula is C12H8ClF3. The second kappa shape index (κ2) is 3.98. The predicted molar refractivity (Wildman–Crippen MR) is 58.5 cm³/mol. The molecular weight excluding hydrogens is 237 g/mol.